The molecule has 0 heterocycles. The number of hydrogen-bond acceptors (Lipinski definition) is 4. The molecule has 0 aliphatic heterocycles. The second kappa shape index (κ2) is 7.13. The van der Waals surface area contributed by atoms with Crippen molar-refractivity contribution in [3.05, 3.63) is 39.9 Å². The normalized spacial score (nSPS) is 12.3. The lowest BCUT2D eigenvalue weighted by molar-refractivity contribution is -0.384. The van der Waals surface area contributed by atoms with E-state index in [1.54, 1.807) is 18.4 Å². The molecule has 0 aromatic heterocycles. The Bertz CT molecular complexity index is 392. The molecule has 0 amide bonds. The molecule has 1 rings (SSSR count). The standard InChI is InChI=1S/C11H16N2O3S/c1-17(16)8-2-7-12-9-10-3-5-11(6-4-10)13(14)15/h3-6,12H,2,7-9H2,1H3. The molecule has 17 heavy (non-hydrogen) atoms. The molecule has 0 fully saturated rings. The molecule has 0 saturated carbocycles. The number of benzene rings is 1. The quantitative estimate of drug-likeness (QED) is 0.455. The van der Waals surface area contributed by atoms with Crippen molar-refractivity contribution in [1.29, 1.82) is 0 Å². The number of nitro groups is 1. The van der Waals surface area contributed by atoms with Crippen LogP contribution in [0.4, 0.5) is 5.69 Å². The molecule has 0 bridgehead atoms. The summed E-state index contributed by atoms with van der Waals surface area (Å²) in [4.78, 5) is 10.0. The van der Waals surface area contributed by atoms with E-state index in [4.69, 9.17) is 0 Å². The van der Waals surface area contributed by atoms with Crippen LogP contribution in [0.2, 0.25) is 0 Å². The fourth-order valence-corrected chi connectivity index (χ4v) is 1.92. The van der Waals surface area contributed by atoms with Gasteiger partial charge in [-0.15, -0.1) is 0 Å². The van der Waals surface area contributed by atoms with Crippen LogP contribution in [0, 0.1) is 10.1 Å². The van der Waals surface area contributed by atoms with Crippen molar-refractivity contribution in [3.63, 3.8) is 0 Å². The van der Waals surface area contributed by atoms with Crippen molar-refractivity contribution >= 4 is 16.5 Å². The van der Waals surface area contributed by atoms with Crippen LogP contribution in [-0.2, 0) is 17.3 Å². The summed E-state index contributed by atoms with van der Waals surface area (Å²) in [6.07, 6.45) is 2.56. The molecule has 0 saturated heterocycles. The van der Waals surface area contributed by atoms with E-state index in [1.165, 1.54) is 12.1 Å². The van der Waals surface area contributed by atoms with Crippen molar-refractivity contribution in [2.75, 3.05) is 18.6 Å². The van der Waals surface area contributed by atoms with Gasteiger partial charge in [0.15, 0.2) is 0 Å². The van der Waals surface area contributed by atoms with Gasteiger partial charge in [-0.3, -0.25) is 14.3 Å². The molecule has 1 atom stereocenters. The largest absolute Gasteiger partial charge is 0.313 e. The molecule has 94 valence electrons. The van der Waals surface area contributed by atoms with Crippen LogP contribution in [0.15, 0.2) is 24.3 Å². The van der Waals surface area contributed by atoms with Crippen molar-refractivity contribution in [3.8, 4) is 0 Å². The van der Waals surface area contributed by atoms with Crippen molar-refractivity contribution < 1.29 is 9.13 Å². The van der Waals surface area contributed by atoms with Gasteiger partial charge in [-0.1, -0.05) is 12.1 Å². The lowest BCUT2D eigenvalue weighted by Crippen LogP contribution is -2.16. The van der Waals surface area contributed by atoms with Crippen LogP contribution in [0.25, 0.3) is 0 Å². The Labute approximate surface area is 103 Å². The van der Waals surface area contributed by atoms with Gasteiger partial charge >= 0.3 is 0 Å². The number of hydrogen-bond donors (Lipinski definition) is 1. The summed E-state index contributed by atoms with van der Waals surface area (Å²) >= 11 is 0. The average molecular weight is 256 g/mol. The minimum atomic E-state index is -0.737. The van der Waals surface area contributed by atoms with E-state index >= 15 is 0 Å². The van der Waals surface area contributed by atoms with Gasteiger partial charge in [-0.25, -0.2) is 0 Å². The highest BCUT2D eigenvalue weighted by Gasteiger charge is 2.03. The first kappa shape index (κ1) is 13.8. The highest BCUT2D eigenvalue weighted by Crippen LogP contribution is 2.11. The monoisotopic (exact) mass is 256 g/mol. The number of rotatable bonds is 7. The first-order valence-electron chi connectivity index (χ1n) is 5.33. The van der Waals surface area contributed by atoms with Gasteiger partial charge in [0.05, 0.1) is 4.92 Å². The van der Waals surface area contributed by atoms with Gasteiger partial charge < -0.3 is 5.32 Å². The van der Waals surface area contributed by atoms with Gasteiger partial charge in [-0.05, 0) is 18.5 Å². The summed E-state index contributed by atoms with van der Waals surface area (Å²) in [5, 5.41) is 13.6. The molecular weight excluding hydrogens is 240 g/mol. The number of nitrogens with one attached hydrogen (secondary N) is 1. The van der Waals surface area contributed by atoms with E-state index < -0.39 is 15.7 Å². The van der Waals surface area contributed by atoms with Gasteiger partial charge in [0.2, 0.25) is 0 Å². The molecule has 0 radical (unpaired) electrons. The Morgan fingerprint density at radius 2 is 2.00 bits per heavy atom. The Hall–Kier alpha value is -1.27. The van der Waals surface area contributed by atoms with E-state index in [2.05, 4.69) is 5.32 Å². The van der Waals surface area contributed by atoms with Crippen molar-refractivity contribution in [2.45, 2.75) is 13.0 Å². The molecule has 1 aromatic carbocycles. The van der Waals surface area contributed by atoms with E-state index in [0.717, 1.165) is 18.5 Å². The minimum Gasteiger partial charge on any atom is -0.313 e. The first-order valence-corrected chi connectivity index (χ1v) is 7.06. The van der Waals surface area contributed by atoms with Crippen LogP contribution in [-0.4, -0.2) is 27.7 Å². The fourth-order valence-electron chi connectivity index (χ4n) is 1.37. The first-order chi connectivity index (χ1) is 8.09. The third-order valence-corrected chi connectivity index (χ3v) is 3.13. The number of nitro benzene ring substituents is 1. The molecule has 1 N–H and O–H groups in total. The number of non-ortho nitro benzene ring substituents is 1. The van der Waals surface area contributed by atoms with Gasteiger partial charge in [0.1, 0.15) is 0 Å². The summed E-state index contributed by atoms with van der Waals surface area (Å²) in [6.45, 7) is 1.48. The third kappa shape index (κ3) is 5.55. The average Bonchev–Trinajstić information content (AvgIpc) is 2.29. The Morgan fingerprint density at radius 3 is 2.53 bits per heavy atom. The lowest BCUT2D eigenvalue weighted by atomic mass is 10.2. The van der Waals surface area contributed by atoms with Crippen LogP contribution >= 0.6 is 0 Å². The topological polar surface area (TPSA) is 72.2 Å². The maximum atomic E-state index is 10.8. The van der Waals surface area contributed by atoms with Crippen molar-refractivity contribution in [1.82, 2.24) is 5.32 Å². The van der Waals surface area contributed by atoms with E-state index in [9.17, 15) is 14.3 Å². The third-order valence-electron chi connectivity index (χ3n) is 2.26. The molecule has 1 aromatic rings. The number of nitrogens with zero attached hydrogens (tertiary/aromatic N) is 1. The second-order valence-electron chi connectivity index (χ2n) is 3.73. The van der Waals surface area contributed by atoms with E-state index in [0.29, 0.717) is 12.3 Å². The maximum Gasteiger partial charge on any atom is 0.269 e. The highest BCUT2D eigenvalue weighted by molar-refractivity contribution is 7.84. The SMILES string of the molecule is CS(=O)CCCNCc1ccc([N+](=O)[O-])cc1. The van der Waals surface area contributed by atoms with Gasteiger partial charge in [-0.2, -0.15) is 0 Å². The lowest BCUT2D eigenvalue weighted by Gasteiger charge is -2.03. The molecular formula is C11H16N2O3S. The smallest absolute Gasteiger partial charge is 0.269 e. The minimum absolute atomic E-state index is 0.107. The van der Waals surface area contributed by atoms with Gasteiger partial charge in [0.25, 0.3) is 5.69 Å². The molecule has 6 heteroatoms. The van der Waals surface area contributed by atoms with E-state index in [1.807, 2.05) is 0 Å². The van der Waals surface area contributed by atoms with Crippen LogP contribution in [0.3, 0.4) is 0 Å². The highest BCUT2D eigenvalue weighted by atomic mass is 32.2. The summed E-state index contributed by atoms with van der Waals surface area (Å²) in [7, 11) is -0.737. The van der Waals surface area contributed by atoms with Crippen LogP contribution < -0.4 is 5.32 Å². The molecule has 0 aliphatic carbocycles. The summed E-state index contributed by atoms with van der Waals surface area (Å²) in [5.74, 6) is 0.702. The zero-order chi connectivity index (χ0) is 12.7. The molecule has 0 aliphatic rings. The van der Waals surface area contributed by atoms with Crippen molar-refractivity contribution in [2.24, 2.45) is 0 Å². The fraction of sp³-hybridized carbons (Fsp3) is 0.455. The Morgan fingerprint density at radius 1 is 1.35 bits per heavy atom. The predicted molar refractivity (Wildman–Crippen MR) is 68.4 cm³/mol. The summed E-state index contributed by atoms with van der Waals surface area (Å²) in [5.41, 5.74) is 1.11. The Balaban J connectivity index is 2.27. The second-order valence-corrected chi connectivity index (χ2v) is 5.29. The Kier molecular flexibility index (Phi) is 5.79. The molecule has 1 unspecified atom stereocenters. The van der Waals surface area contributed by atoms with Gasteiger partial charge in [0, 0.05) is 41.5 Å². The molecule has 5 nitrogen and oxygen atoms in total. The summed E-state index contributed by atoms with van der Waals surface area (Å²) in [6, 6.07) is 6.47. The predicted octanol–water partition coefficient (Wildman–Crippen LogP) is 1.45. The van der Waals surface area contributed by atoms with E-state index in [-0.39, 0.29) is 5.69 Å². The van der Waals surface area contributed by atoms with Crippen LogP contribution in [0.5, 0.6) is 0 Å². The maximum absolute atomic E-state index is 10.8. The van der Waals surface area contributed by atoms with Crippen LogP contribution in [0.1, 0.15) is 12.0 Å². The summed E-state index contributed by atoms with van der Waals surface area (Å²) < 4.78 is 10.8. The molecule has 0 spiro atoms. The zero-order valence-electron chi connectivity index (χ0n) is 9.72. The zero-order valence-corrected chi connectivity index (χ0v) is 10.5.